The molecule has 148 valence electrons. The molecule has 8 heteroatoms. The lowest BCUT2D eigenvalue weighted by molar-refractivity contribution is 0.102. The molecule has 5 nitrogen and oxygen atoms in total. The zero-order chi connectivity index (χ0) is 21.1. The van der Waals surface area contributed by atoms with Crippen LogP contribution in [0.15, 0.2) is 48.7 Å². The predicted molar refractivity (Wildman–Crippen MR) is 102 cm³/mol. The maximum absolute atomic E-state index is 13.8. The summed E-state index contributed by atoms with van der Waals surface area (Å²) in [6, 6.07) is 9.57. The number of aryl methyl sites for hydroxylation is 1. The van der Waals surface area contributed by atoms with Gasteiger partial charge in [-0.1, -0.05) is 12.1 Å². The van der Waals surface area contributed by atoms with Gasteiger partial charge in [-0.25, -0.2) is 13.2 Å². The number of pyridine rings is 1. The Kier molecular flexibility index (Phi) is 5.63. The summed E-state index contributed by atoms with van der Waals surface area (Å²) in [6.45, 7) is 3.77. The molecule has 1 heterocycles. The smallest absolute Gasteiger partial charge is 0.274 e. The van der Waals surface area contributed by atoms with E-state index in [1.807, 2.05) is 19.9 Å². The van der Waals surface area contributed by atoms with Crippen LogP contribution >= 0.6 is 0 Å². The number of amides is 2. The van der Waals surface area contributed by atoms with Crippen molar-refractivity contribution in [1.82, 2.24) is 4.98 Å². The van der Waals surface area contributed by atoms with Crippen LogP contribution in [-0.4, -0.2) is 16.8 Å². The first kappa shape index (κ1) is 20.1. The van der Waals surface area contributed by atoms with Crippen LogP contribution < -0.4 is 10.6 Å². The van der Waals surface area contributed by atoms with Gasteiger partial charge in [0.25, 0.3) is 11.8 Å². The van der Waals surface area contributed by atoms with Gasteiger partial charge in [0.15, 0.2) is 17.5 Å². The van der Waals surface area contributed by atoms with E-state index in [0.717, 1.165) is 17.2 Å². The van der Waals surface area contributed by atoms with Gasteiger partial charge in [0.05, 0.1) is 5.69 Å². The van der Waals surface area contributed by atoms with Crippen molar-refractivity contribution in [3.05, 3.63) is 88.5 Å². The molecule has 2 aromatic carbocycles. The maximum atomic E-state index is 13.8. The molecule has 0 bridgehead atoms. The minimum Gasteiger partial charge on any atom is -0.320 e. The Hall–Kier alpha value is -3.68. The average Bonchev–Trinajstić information content (AvgIpc) is 2.72. The van der Waals surface area contributed by atoms with E-state index in [-0.39, 0.29) is 11.3 Å². The molecule has 2 N–H and O–H groups in total. The van der Waals surface area contributed by atoms with E-state index in [1.54, 1.807) is 12.1 Å². The molecule has 0 radical (unpaired) electrons. The van der Waals surface area contributed by atoms with Crippen LogP contribution in [0.1, 0.15) is 32.0 Å². The lowest BCUT2D eigenvalue weighted by Crippen LogP contribution is -2.18. The number of anilines is 2. The summed E-state index contributed by atoms with van der Waals surface area (Å²) < 4.78 is 40.1. The number of benzene rings is 2. The standard InChI is InChI=1S/C21H16F3N3O2/c1-11-4-3-5-15(12(11)2)26-21(29)17-10-13(8-9-25-17)20(28)27-16-7-6-14(22)18(23)19(16)24/h3-10H,1-2H3,(H,26,29)(H,27,28). The molecule has 0 aliphatic heterocycles. The molecule has 29 heavy (non-hydrogen) atoms. The number of nitrogens with one attached hydrogen (secondary N) is 2. The molecule has 1 aromatic heterocycles. The fourth-order valence-corrected chi connectivity index (χ4v) is 2.59. The summed E-state index contributed by atoms with van der Waals surface area (Å²) in [6.07, 6.45) is 1.24. The van der Waals surface area contributed by atoms with Gasteiger partial charge in [-0.05, 0) is 55.3 Å². The normalized spacial score (nSPS) is 10.5. The molecule has 0 spiro atoms. The molecule has 0 saturated heterocycles. The van der Waals surface area contributed by atoms with Crippen molar-refractivity contribution in [3.8, 4) is 0 Å². The number of carbonyl (C=O) groups is 2. The highest BCUT2D eigenvalue weighted by Gasteiger charge is 2.17. The number of rotatable bonds is 4. The molecule has 0 aliphatic carbocycles. The fraction of sp³-hybridized carbons (Fsp3) is 0.0952. The molecule has 3 aromatic rings. The summed E-state index contributed by atoms with van der Waals surface area (Å²) in [5, 5.41) is 4.87. The molecule has 0 saturated carbocycles. The number of halogens is 3. The Bertz CT molecular complexity index is 1120. The maximum Gasteiger partial charge on any atom is 0.274 e. The monoisotopic (exact) mass is 399 g/mol. The van der Waals surface area contributed by atoms with Crippen molar-refractivity contribution in [2.45, 2.75) is 13.8 Å². The van der Waals surface area contributed by atoms with Gasteiger partial charge in [-0.15, -0.1) is 0 Å². The minimum atomic E-state index is -1.69. The highest BCUT2D eigenvalue weighted by atomic mass is 19.2. The fourth-order valence-electron chi connectivity index (χ4n) is 2.59. The average molecular weight is 399 g/mol. The lowest BCUT2D eigenvalue weighted by Gasteiger charge is -2.11. The highest BCUT2D eigenvalue weighted by molar-refractivity contribution is 6.08. The second kappa shape index (κ2) is 8.14. The van der Waals surface area contributed by atoms with Gasteiger partial charge in [0, 0.05) is 17.4 Å². The van der Waals surface area contributed by atoms with Gasteiger partial charge in [-0.3, -0.25) is 14.6 Å². The zero-order valence-electron chi connectivity index (χ0n) is 15.5. The lowest BCUT2D eigenvalue weighted by atomic mass is 10.1. The van der Waals surface area contributed by atoms with E-state index in [2.05, 4.69) is 15.6 Å². The summed E-state index contributed by atoms with van der Waals surface area (Å²) >= 11 is 0. The largest absolute Gasteiger partial charge is 0.320 e. The van der Waals surface area contributed by atoms with Crippen LogP contribution in [0.5, 0.6) is 0 Å². The van der Waals surface area contributed by atoms with Crippen molar-refractivity contribution in [2.75, 3.05) is 10.6 Å². The van der Waals surface area contributed by atoms with Crippen molar-refractivity contribution < 1.29 is 22.8 Å². The molecule has 2 amide bonds. The first-order valence-corrected chi connectivity index (χ1v) is 8.56. The Labute approximate surface area is 164 Å². The predicted octanol–water partition coefficient (Wildman–Crippen LogP) is 4.62. The summed E-state index contributed by atoms with van der Waals surface area (Å²) in [4.78, 5) is 28.8. The van der Waals surface area contributed by atoms with Crippen molar-refractivity contribution in [2.24, 2.45) is 0 Å². The van der Waals surface area contributed by atoms with Gasteiger partial charge in [0.2, 0.25) is 0 Å². The third-order valence-corrected chi connectivity index (χ3v) is 4.39. The Morgan fingerprint density at radius 2 is 1.59 bits per heavy atom. The molecular weight excluding hydrogens is 383 g/mol. The van der Waals surface area contributed by atoms with E-state index in [1.165, 1.54) is 18.3 Å². The number of hydrogen-bond donors (Lipinski definition) is 2. The number of carbonyl (C=O) groups excluding carboxylic acids is 2. The van der Waals surface area contributed by atoms with E-state index in [0.29, 0.717) is 11.8 Å². The molecule has 0 aliphatic rings. The topological polar surface area (TPSA) is 71.1 Å². The molecular formula is C21H16F3N3O2. The summed E-state index contributed by atoms with van der Waals surface area (Å²) in [5.74, 6) is -5.91. The van der Waals surface area contributed by atoms with Crippen molar-refractivity contribution >= 4 is 23.2 Å². The molecule has 0 atom stereocenters. The Morgan fingerprint density at radius 1 is 0.862 bits per heavy atom. The van der Waals surface area contributed by atoms with E-state index >= 15 is 0 Å². The second-order valence-corrected chi connectivity index (χ2v) is 6.31. The van der Waals surface area contributed by atoms with Gasteiger partial charge >= 0.3 is 0 Å². The number of nitrogens with zero attached hydrogens (tertiary/aromatic N) is 1. The SMILES string of the molecule is Cc1cccc(NC(=O)c2cc(C(=O)Nc3ccc(F)c(F)c3F)ccn2)c1C. The molecule has 0 fully saturated rings. The molecule has 0 unspecified atom stereocenters. The zero-order valence-corrected chi connectivity index (χ0v) is 15.5. The number of hydrogen-bond acceptors (Lipinski definition) is 3. The van der Waals surface area contributed by atoms with Crippen LogP contribution in [0.3, 0.4) is 0 Å². The Morgan fingerprint density at radius 3 is 2.34 bits per heavy atom. The third-order valence-electron chi connectivity index (χ3n) is 4.39. The van der Waals surface area contributed by atoms with Crippen molar-refractivity contribution in [3.63, 3.8) is 0 Å². The third kappa shape index (κ3) is 4.26. The van der Waals surface area contributed by atoms with Crippen LogP contribution in [0.2, 0.25) is 0 Å². The van der Waals surface area contributed by atoms with Gasteiger partial charge < -0.3 is 10.6 Å². The van der Waals surface area contributed by atoms with Gasteiger partial charge in [0.1, 0.15) is 5.69 Å². The summed E-state index contributed by atoms with van der Waals surface area (Å²) in [7, 11) is 0. The number of aromatic nitrogens is 1. The Balaban J connectivity index is 1.80. The first-order valence-electron chi connectivity index (χ1n) is 8.56. The highest BCUT2D eigenvalue weighted by Crippen LogP contribution is 2.21. The van der Waals surface area contributed by atoms with Crippen LogP contribution in [-0.2, 0) is 0 Å². The van der Waals surface area contributed by atoms with Crippen LogP contribution in [0.4, 0.5) is 24.5 Å². The van der Waals surface area contributed by atoms with Crippen molar-refractivity contribution in [1.29, 1.82) is 0 Å². The quantitative estimate of drug-likeness (QED) is 0.629. The van der Waals surface area contributed by atoms with Gasteiger partial charge in [-0.2, -0.15) is 0 Å². The van der Waals surface area contributed by atoms with Crippen LogP contribution in [0.25, 0.3) is 0 Å². The molecule has 3 rings (SSSR count). The second-order valence-electron chi connectivity index (χ2n) is 6.31. The van der Waals surface area contributed by atoms with E-state index in [9.17, 15) is 22.8 Å². The van der Waals surface area contributed by atoms with E-state index in [4.69, 9.17) is 0 Å². The van der Waals surface area contributed by atoms with E-state index < -0.39 is 35.0 Å². The first-order chi connectivity index (χ1) is 13.8. The van der Waals surface area contributed by atoms with Crippen LogP contribution in [0, 0.1) is 31.3 Å². The minimum absolute atomic E-state index is 0.00440. The summed E-state index contributed by atoms with van der Waals surface area (Å²) in [5.41, 5.74) is 1.93.